The van der Waals surface area contributed by atoms with Gasteiger partial charge in [-0.2, -0.15) is 0 Å². The Labute approximate surface area is 177 Å². The Morgan fingerprint density at radius 2 is 1.83 bits per heavy atom. The molecule has 1 saturated heterocycles. The number of urea groups is 1. The minimum absolute atomic E-state index is 0.0375. The predicted molar refractivity (Wildman–Crippen MR) is 118 cm³/mol. The fourth-order valence-corrected chi connectivity index (χ4v) is 3.23. The summed E-state index contributed by atoms with van der Waals surface area (Å²) in [7, 11) is 2.00. The highest BCUT2D eigenvalue weighted by Gasteiger charge is 2.22. The molecular formula is C21H29N7O2. The first kappa shape index (κ1) is 21.4. The van der Waals surface area contributed by atoms with E-state index in [1.54, 1.807) is 18.5 Å². The van der Waals surface area contributed by atoms with Crippen molar-refractivity contribution >= 4 is 29.3 Å². The Kier molecular flexibility index (Phi) is 7.42. The predicted octanol–water partition coefficient (Wildman–Crippen LogP) is 1.79. The highest BCUT2D eigenvalue weighted by molar-refractivity contribution is 5.90. The maximum Gasteiger partial charge on any atom is 0.319 e. The van der Waals surface area contributed by atoms with Gasteiger partial charge in [-0.1, -0.05) is 6.07 Å². The quantitative estimate of drug-likeness (QED) is 0.722. The summed E-state index contributed by atoms with van der Waals surface area (Å²) in [6.07, 6.45) is 3.71. The van der Waals surface area contributed by atoms with E-state index in [-0.39, 0.29) is 18.4 Å². The lowest BCUT2D eigenvalue weighted by molar-refractivity contribution is -0.131. The molecule has 1 aliphatic heterocycles. The van der Waals surface area contributed by atoms with Gasteiger partial charge in [0, 0.05) is 76.5 Å². The molecular weight excluding hydrogens is 382 g/mol. The lowest BCUT2D eigenvalue weighted by Gasteiger charge is -2.34. The van der Waals surface area contributed by atoms with E-state index in [4.69, 9.17) is 0 Å². The van der Waals surface area contributed by atoms with Crippen molar-refractivity contribution in [3.63, 3.8) is 0 Å². The van der Waals surface area contributed by atoms with Gasteiger partial charge in [0.15, 0.2) is 0 Å². The van der Waals surface area contributed by atoms with Crippen LogP contribution in [0.1, 0.15) is 13.3 Å². The smallest absolute Gasteiger partial charge is 0.319 e. The fraction of sp³-hybridized carbons (Fsp3) is 0.429. The molecule has 9 heteroatoms. The first-order valence-corrected chi connectivity index (χ1v) is 10.2. The summed E-state index contributed by atoms with van der Waals surface area (Å²) in [6, 6.07) is 9.13. The van der Waals surface area contributed by atoms with Gasteiger partial charge in [-0.15, -0.1) is 0 Å². The van der Waals surface area contributed by atoms with E-state index in [0.717, 1.165) is 17.9 Å². The number of carbonyl (C=O) groups is 2. The van der Waals surface area contributed by atoms with E-state index in [1.165, 1.54) is 0 Å². The SMILES string of the molecule is CCN(C)c1cccc(NC(=O)NCCC(=O)N2CCN(c3ncccn3)CC2)c1. The molecule has 2 N–H and O–H groups in total. The first-order chi connectivity index (χ1) is 14.6. The molecule has 2 heterocycles. The van der Waals surface area contributed by atoms with E-state index in [0.29, 0.717) is 38.7 Å². The van der Waals surface area contributed by atoms with Crippen LogP contribution in [-0.4, -0.2) is 73.1 Å². The molecule has 3 amide bonds. The molecule has 0 spiro atoms. The molecule has 0 bridgehead atoms. The molecule has 0 atom stereocenters. The third-order valence-corrected chi connectivity index (χ3v) is 5.11. The molecule has 1 aliphatic rings. The van der Waals surface area contributed by atoms with E-state index < -0.39 is 0 Å². The van der Waals surface area contributed by atoms with Crippen molar-refractivity contribution in [1.82, 2.24) is 20.2 Å². The standard InChI is InChI=1S/C21H29N7O2/c1-3-26(2)18-7-4-6-17(16-18)25-21(30)24-11-8-19(29)27-12-14-28(15-13-27)20-22-9-5-10-23-20/h4-7,9-10,16H,3,8,11-15H2,1-2H3,(H2,24,25,30). The van der Waals surface area contributed by atoms with E-state index in [1.807, 2.05) is 36.2 Å². The molecule has 0 aliphatic carbocycles. The number of hydrogen-bond acceptors (Lipinski definition) is 6. The normalized spacial score (nSPS) is 13.7. The molecule has 9 nitrogen and oxygen atoms in total. The summed E-state index contributed by atoms with van der Waals surface area (Å²) in [6.45, 7) is 5.89. The van der Waals surface area contributed by atoms with Crippen LogP contribution in [0.25, 0.3) is 0 Å². The molecule has 160 valence electrons. The molecule has 0 unspecified atom stereocenters. The lowest BCUT2D eigenvalue weighted by atomic mass is 10.2. The third kappa shape index (κ3) is 5.82. The number of hydrogen-bond donors (Lipinski definition) is 2. The zero-order chi connectivity index (χ0) is 21.3. The zero-order valence-electron chi connectivity index (χ0n) is 17.5. The Morgan fingerprint density at radius 3 is 2.53 bits per heavy atom. The molecule has 2 aromatic rings. The summed E-state index contributed by atoms with van der Waals surface area (Å²) >= 11 is 0. The van der Waals surface area contributed by atoms with Gasteiger partial charge in [0.05, 0.1) is 0 Å². The molecule has 3 rings (SSSR count). The van der Waals surface area contributed by atoms with Gasteiger partial charge < -0.3 is 25.3 Å². The molecule has 0 radical (unpaired) electrons. The summed E-state index contributed by atoms with van der Waals surface area (Å²) in [4.78, 5) is 39.1. The summed E-state index contributed by atoms with van der Waals surface area (Å²) in [5.74, 6) is 0.729. The van der Waals surface area contributed by atoms with Crippen molar-refractivity contribution in [2.75, 3.05) is 61.4 Å². The summed E-state index contributed by atoms with van der Waals surface area (Å²) in [5.41, 5.74) is 1.75. The van der Waals surface area contributed by atoms with Gasteiger partial charge in [0.2, 0.25) is 11.9 Å². The van der Waals surface area contributed by atoms with Crippen LogP contribution in [0.5, 0.6) is 0 Å². The maximum absolute atomic E-state index is 12.4. The van der Waals surface area contributed by atoms with Gasteiger partial charge in [-0.05, 0) is 31.2 Å². The monoisotopic (exact) mass is 411 g/mol. The summed E-state index contributed by atoms with van der Waals surface area (Å²) in [5, 5.41) is 5.57. The molecule has 1 aromatic heterocycles. The second kappa shape index (κ2) is 10.4. The zero-order valence-corrected chi connectivity index (χ0v) is 17.5. The second-order valence-corrected chi connectivity index (χ2v) is 7.11. The van der Waals surface area contributed by atoms with Crippen LogP contribution in [0, 0.1) is 0 Å². The number of nitrogens with one attached hydrogen (secondary N) is 2. The van der Waals surface area contributed by atoms with Gasteiger partial charge in [0.1, 0.15) is 0 Å². The van der Waals surface area contributed by atoms with Gasteiger partial charge >= 0.3 is 6.03 Å². The van der Waals surface area contributed by atoms with Crippen molar-refractivity contribution in [3.05, 3.63) is 42.7 Å². The Hall–Kier alpha value is -3.36. The minimum atomic E-state index is -0.315. The van der Waals surface area contributed by atoms with E-state index >= 15 is 0 Å². The lowest BCUT2D eigenvalue weighted by Crippen LogP contribution is -2.49. The van der Waals surface area contributed by atoms with Crippen molar-refractivity contribution in [2.24, 2.45) is 0 Å². The number of anilines is 3. The van der Waals surface area contributed by atoms with Crippen molar-refractivity contribution in [3.8, 4) is 0 Å². The second-order valence-electron chi connectivity index (χ2n) is 7.11. The molecule has 1 fully saturated rings. The average molecular weight is 412 g/mol. The van der Waals surface area contributed by atoms with Crippen molar-refractivity contribution in [2.45, 2.75) is 13.3 Å². The van der Waals surface area contributed by atoms with Gasteiger partial charge in [-0.3, -0.25) is 4.79 Å². The average Bonchev–Trinajstić information content (AvgIpc) is 2.79. The number of rotatable bonds is 7. The van der Waals surface area contributed by atoms with E-state index in [9.17, 15) is 9.59 Å². The fourth-order valence-electron chi connectivity index (χ4n) is 3.23. The molecule has 1 aromatic carbocycles. The van der Waals surface area contributed by atoms with E-state index in [2.05, 4.69) is 37.3 Å². The van der Waals surface area contributed by atoms with Crippen LogP contribution < -0.4 is 20.4 Å². The maximum atomic E-state index is 12.4. The minimum Gasteiger partial charge on any atom is -0.375 e. The molecule has 30 heavy (non-hydrogen) atoms. The van der Waals surface area contributed by atoms with Crippen molar-refractivity contribution in [1.29, 1.82) is 0 Å². The Morgan fingerprint density at radius 1 is 1.10 bits per heavy atom. The van der Waals surface area contributed by atoms with Crippen LogP contribution >= 0.6 is 0 Å². The van der Waals surface area contributed by atoms with Crippen LogP contribution in [0.2, 0.25) is 0 Å². The highest BCUT2D eigenvalue weighted by Crippen LogP contribution is 2.18. The van der Waals surface area contributed by atoms with Gasteiger partial charge in [0.25, 0.3) is 0 Å². The number of amides is 3. The number of carbonyl (C=O) groups excluding carboxylic acids is 2. The van der Waals surface area contributed by atoms with Gasteiger partial charge in [-0.25, -0.2) is 14.8 Å². The molecule has 0 saturated carbocycles. The van der Waals surface area contributed by atoms with Crippen LogP contribution in [-0.2, 0) is 4.79 Å². The van der Waals surface area contributed by atoms with Crippen LogP contribution in [0.3, 0.4) is 0 Å². The number of aromatic nitrogens is 2. The Bertz CT molecular complexity index is 838. The highest BCUT2D eigenvalue weighted by atomic mass is 16.2. The van der Waals surface area contributed by atoms with Crippen molar-refractivity contribution < 1.29 is 9.59 Å². The third-order valence-electron chi connectivity index (χ3n) is 5.11. The topological polar surface area (TPSA) is 93.7 Å². The summed E-state index contributed by atoms with van der Waals surface area (Å²) < 4.78 is 0. The Balaban J connectivity index is 1.38. The number of nitrogens with zero attached hydrogens (tertiary/aromatic N) is 5. The first-order valence-electron chi connectivity index (χ1n) is 10.2. The number of benzene rings is 1. The largest absolute Gasteiger partial charge is 0.375 e. The van der Waals surface area contributed by atoms with Crippen LogP contribution in [0.15, 0.2) is 42.7 Å². The number of piperazine rings is 1. The van der Waals surface area contributed by atoms with Crippen LogP contribution in [0.4, 0.5) is 22.1 Å².